The van der Waals surface area contributed by atoms with Crippen molar-refractivity contribution in [2.24, 2.45) is 0 Å². The van der Waals surface area contributed by atoms with Crippen molar-refractivity contribution < 1.29 is 28.8 Å². The van der Waals surface area contributed by atoms with E-state index in [9.17, 15) is 9.90 Å². The molecule has 0 saturated heterocycles. The molecule has 0 aliphatic carbocycles. The molecule has 0 amide bonds. The number of phenols is 1. The van der Waals surface area contributed by atoms with Crippen molar-refractivity contribution in [1.29, 1.82) is 0 Å². The first-order chi connectivity index (χ1) is 16.0. The second kappa shape index (κ2) is 11.3. The Morgan fingerprint density at radius 2 is 1.67 bits per heavy atom. The van der Waals surface area contributed by atoms with Gasteiger partial charge >= 0.3 is 5.97 Å². The molecular formula is C27H24O6. The van der Waals surface area contributed by atoms with Crippen LogP contribution in [-0.2, 0) is 16.1 Å². The number of esters is 1. The summed E-state index contributed by atoms with van der Waals surface area (Å²) in [5.74, 6) is 6.81. The number of carbonyl (C=O) groups excluding carboxylic acids is 1. The van der Waals surface area contributed by atoms with Gasteiger partial charge < -0.3 is 24.1 Å². The highest BCUT2D eigenvalue weighted by atomic mass is 16.5. The lowest BCUT2D eigenvalue weighted by Gasteiger charge is -2.11. The predicted octanol–water partition coefficient (Wildman–Crippen LogP) is 4.57. The van der Waals surface area contributed by atoms with E-state index < -0.39 is 5.97 Å². The minimum atomic E-state index is -0.490. The Bertz CT molecular complexity index is 1200. The lowest BCUT2D eigenvalue weighted by Crippen LogP contribution is -1.98. The van der Waals surface area contributed by atoms with Crippen molar-refractivity contribution in [2.75, 3.05) is 21.3 Å². The number of phenolic OH excluding ortho intramolecular Hbond substituents is 1. The largest absolute Gasteiger partial charge is 0.503 e. The summed E-state index contributed by atoms with van der Waals surface area (Å²) in [7, 11) is 4.32. The summed E-state index contributed by atoms with van der Waals surface area (Å²) in [6.07, 6.45) is 2.84. The molecule has 6 nitrogen and oxygen atoms in total. The van der Waals surface area contributed by atoms with Gasteiger partial charge in [-0.25, -0.2) is 4.79 Å². The third-order valence-electron chi connectivity index (χ3n) is 4.67. The molecule has 0 aliphatic heterocycles. The van der Waals surface area contributed by atoms with Gasteiger partial charge in [-0.3, -0.25) is 0 Å². The zero-order chi connectivity index (χ0) is 23.6. The quantitative estimate of drug-likeness (QED) is 0.327. The molecule has 0 bridgehead atoms. The smallest absolute Gasteiger partial charge is 0.330 e. The van der Waals surface area contributed by atoms with E-state index >= 15 is 0 Å². The van der Waals surface area contributed by atoms with Crippen LogP contribution in [-0.4, -0.2) is 32.4 Å². The van der Waals surface area contributed by atoms with E-state index in [2.05, 4.69) is 16.6 Å². The van der Waals surface area contributed by atoms with Gasteiger partial charge in [-0.1, -0.05) is 42.2 Å². The van der Waals surface area contributed by atoms with E-state index in [4.69, 9.17) is 14.2 Å². The fourth-order valence-electron chi connectivity index (χ4n) is 2.95. The van der Waals surface area contributed by atoms with E-state index in [0.29, 0.717) is 34.8 Å². The third-order valence-corrected chi connectivity index (χ3v) is 4.67. The summed E-state index contributed by atoms with van der Waals surface area (Å²) < 4.78 is 21.2. The topological polar surface area (TPSA) is 74.2 Å². The maximum Gasteiger partial charge on any atom is 0.330 e. The van der Waals surface area contributed by atoms with Crippen LogP contribution in [0.1, 0.15) is 22.3 Å². The van der Waals surface area contributed by atoms with E-state index in [1.165, 1.54) is 20.3 Å². The van der Waals surface area contributed by atoms with Gasteiger partial charge in [0.2, 0.25) is 0 Å². The maximum absolute atomic E-state index is 11.4. The molecule has 33 heavy (non-hydrogen) atoms. The molecule has 168 valence electrons. The van der Waals surface area contributed by atoms with Crippen LogP contribution < -0.4 is 14.2 Å². The first kappa shape index (κ1) is 23.3. The number of hydrogen-bond acceptors (Lipinski definition) is 6. The Morgan fingerprint density at radius 3 is 2.36 bits per heavy atom. The van der Waals surface area contributed by atoms with Gasteiger partial charge in [0.1, 0.15) is 6.61 Å². The summed E-state index contributed by atoms with van der Waals surface area (Å²) in [5.41, 5.74) is 2.68. The maximum atomic E-state index is 11.4. The molecule has 3 rings (SSSR count). The van der Waals surface area contributed by atoms with Gasteiger partial charge in [0, 0.05) is 11.6 Å². The second-order valence-electron chi connectivity index (χ2n) is 6.87. The number of ether oxygens (including phenoxy) is 4. The van der Waals surface area contributed by atoms with Crippen LogP contribution in [0, 0.1) is 11.8 Å². The van der Waals surface area contributed by atoms with E-state index in [-0.39, 0.29) is 11.5 Å². The average Bonchev–Trinajstić information content (AvgIpc) is 2.86. The van der Waals surface area contributed by atoms with Gasteiger partial charge in [0.05, 0.1) is 26.9 Å². The van der Waals surface area contributed by atoms with E-state index in [1.807, 2.05) is 30.3 Å². The Hall–Kier alpha value is -4.37. The number of rotatable bonds is 7. The second-order valence-corrected chi connectivity index (χ2v) is 6.87. The molecule has 6 heteroatoms. The molecule has 0 heterocycles. The molecule has 0 fully saturated rings. The highest BCUT2D eigenvalue weighted by molar-refractivity contribution is 5.87. The van der Waals surface area contributed by atoms with Gasteiger partial charge in [-0.15, -0.1) is 0 Å². The van der Waals surface area contributed by atoms with Crippen molar-refractivity contribution in [2.45, 2.75) is 6.61 Å². The van der Waals surface area contributed by atoms with E-state index in [0.717, 1.165) is 5.56 Å². The standard InChI is InChI=1S/C27H24O6/c1-30-23-13-10-19(16-24(23)33-18-20-7-5-4-6-8-20)9-12-22-15-21(11-14-26(28)32-3)17-25(31-2)27(22)29/h4-8,10-11,13-17,29H,18H2,1-3H3/b14-11+. The van der Waals surface area contributed by atoms with Crippen molar-refractivity contribution in [3.63, 3.8) is 0 Å². The molecule has 3 aromatic carbocycles. The Labute approximate surface area is 193 Å². The summed E-state index contributed by atoms with van der Waals surface area (Å²) in [6, 6.07) is 18.4. The first-order valence-electron chi connectivity index (χ1n) is 10.1. The Morgan fingerprint density at radius 1 is 0.909 bits per heavy atom. The number of methoxy groups -OCH3 is 3. The van der Waals surface area contributed by atoms with Crippen molar-refractivity contribution >= 4 is 12.0 Å². The zero-order valence-corrected chi connectivity index (χ0v) is 18.6. The molecule has 0 spiro atoms. The molecule has 0 radical (unpaired) electrons. The van der Waals surface area contributed by atoms with Crippen molar-refractivity contribution in [3.8, 4) is 34.8 Å². The van der Waals surface area contributed by atoms with Crippen LogP contribution in [0.3, 0.4) is 0 Å². The molecule has 0 saturated carbocycles. The van der Waals surface area contributed by atoms with Crippen molar-refractivity contribution in [1.82, 2.24) is 0 Å². The molecule has 0 atom stereocenters. The Kier molecular flexibility index (Phi) is 7.98. The number of aromatic hydroxyl groups is 1. The fourth-order valence-corrected chi connectivity index (χ4v) is 2.95. The minimum absolute atomic E-state index is 0.0886. The summed E-state index contributed by atoms with van der Waals surface area (Å²) in [5, 5.41) is 10.5. The van der Waals surface area contributed by atoms with Gasteiger partial charge in [-0.05, 0) is 47.5 Å². The molecule has 0 aromatic heterocycles. The highest BCUT2D eigenvalue weighted by Crippen LogP contribution is 2.32. The number of hydrogen-bond donors (Lipinski definition) is 1. The molecular weight excluding hydrogens is 420 g/mol. The first-order valence-corrected chi connectivity index (χ1v) is 10.1. The third kappa shape index (κ3) is 6.31. The lowest BCUT2D eigenvalue weighted by molar-refractivity contribution is -0.134. The number of benzene rings is 3. The fraction of sp³-hybridized carbons (Fsp3) is 0.148. The highest BCUT2D eigenvalue weighted by Gasteiger charge is 2.09. The number of carbonyl (C=O) groups is 1. The summed E-state index contributed by atoms with van der Waals surface area (Å²) in [4.78, 5) is 11.4. The summed E-state index contributed by atoms with van der Waals surface area (Å²) in [6.45, 7) is 0.390. The molecule has 0 aliphatic rings. The van der Waals surface area contributed by atoms with Crippen LogP contribution in [0.25, 0.3) is 6.08 Å². The normalized spacial score (nSPS) is 10.3. The Balaban J connectivity index is 1.89. The SMILES string of the molecule is COC(=O)/C=C/c1cc(C#Cc2ccc(OC)c(OCc3ccccc3)c2)c(O)c(OC)c1. The summed E-state index contributed by atoms with van der Waals surface area (Å²) >= 11 is 0. The molecule has 0 unspecified atom stereocenters. The lowest BCUT2D eigenvalue weighted by atomic mass is 10.1. The van der Waals surface area contributed by atoms with Gasteiger partial charge in [0.15, 0.2) is 23.0 Å². The zero-order valence-electron chi connectivity index (χ0n) is 18.6. The van der Waals surface area contributed by atoms with Crippen LogP contribution in [0.4, 0.5) is 0 Å². The monoisotopic (exact) mass is 444 g/mol. The van der Waals surface area contributed by atoms with Crippen LogP contribution in [0.2, 0.25) is 0 Å². The van der Waals surface area contributed by atoms with Crippen LogP contribution in [0.15, 0.2) is 66.7 Å². The molecule has 3 aromatic rings. The predicted molar refractivity (Wildman–Crippen MR) is 125 cm³/mol. The van der Waals surface area contributed by atoms with Gasteiger partial charge in [0.25, 0.3) is 0 Å². The average molecular weight is 444 g/mol. The molecule has 1 N–H and O–H groups in total. The van der Waals surface area contributed by atoms with Crippen LogP contribution in [0.5, 0.6) is 23.0 Å². The van der Waals surface area contributed by atoms with Gasteiger partial charge in [-0.2, -0.15) is 0 Å². The van der Waals surface area contributed by atoms with Crippen molar-refractivity contribution in [3.05, 3.63) is 89.0 Å². The minimum Gasteiger partial charge on any atom is -0.503 e. The van der Waals surface area contributed by atoms with Crippen LogP contribution >= 0.6 is 0 Å². The van der Waals surface area contributed by atoms with E-state index in [1.54, 1.807) is 43.5 Å².